The zero-order chi connectivity index (χ0) is 27.2. The summed E-state index contributed by atoms with van der Waals surface area (Å²) in [5, 5.41) is 9.27. The highest BCUT2D eigenvalue weighted by Crippen LogP contribution is 2.44. The lowest BCUT2D eigenvalue weighted by Crippen LogP contribution is -2.67. The Balaban J connectivity index is 0.877. The van der Waals surface area contributed by atoms with Crippen LogP contribution in [0, 0.1) is 0 Å². The topological polar surface area (TPSA) is 118 Å². The zero-order valence-electron chi connectivity index (χ0n) is 22.2. The first kappa shape index (κ1) is 25.5. The van der Waals surface area contributed by atoms with Crippen molar-refractivity contribution in [3.05, 3.63) is 59.7 Å². The van der Waals surface area contributed by atoms with E-state index >= 15 is 0 Å². The van der Waals surface area contributed by atoms with Crippen LogP contribution in [-0.4, -0.2) is 92.1 Å². The molecule has 6 aliphatic rings. The van der Waals surface area contributed by atoms with Gasteiger partial charge >= 0.3 is 6.09 Å². The van der Waals surface area contributed by atoms with Gasteiger partial charge in [-0.3, -0.25) is 9.59 Å². The van der Waals surface area contributed by atoms with Crippen molar-refractivity contribution >= 4 is 17.9 Å². The lowest BCUT2D eigenvalue weighted by atomic mass is 9.91. The fourth-order valence-corrected chi connectivity index (χ4v) is 6.91. The van der Waals surface area contributed by atoms with Gasteiger partial charge in [0.25, 0.3) is 0 Å². The summed E-state index contributed by atoms with van der Waals surface area (Å²) in [4.78, 5) is 39.7. The second-order valence-electron chi connectivity index (χ2n) is 11.4. The Morgan fingerprint density at radius 1 is 0.850 bits per heavy atom. The molecule has 8 rings (SSSR count). The maximum atomic E-state index is 12.8. The van der Waals surface area contributed by atoms with Crippen molar-refractivity contribution < 1.29 is 28.6 Å². The van der Waals surface area contributed by atoms with Crippen molar-refractivity contribution in [1.82, 2.24) is 20.9 Å². The Kier molecular flexibility index (Phi) is 6.69. The van der Waals surface area contributed by atoms with Gasteiger partial charge in [0, 0.05) is 43.9 Å². The number of carbonyl (C=O) groups is 3. The number of alkyl carbamates (subject to hydrolysis) is 1. The molecule has 40 heavy (non-hydrogen) atoms. The number of amides is 3. The highest BCUT2D eigenvalue weighted by atomic mass is 16.6. The molecule has 3 N–H and O–H groups in total. The molecule has 5 saturated heterocycles. The molecule has 2 aromatic rings. The fraction of sp³-hybridized carbons (Fsp3) is 0.500. The van der Waals surface area contributed by atoms with Crippen LogP contribution in [0.5, 0.6) is 0 Å². The number of fused-ring (bicyclic) bond motifs is 6. The van der Waals surface area contributed by atoms with Crippen LogP contribution in [0.25, 0.3) is 11.1 Å². The summed E-state index contributed by atoms with van der Waals surface area (Å²) in [7, 11) is 0. The molecule has 3 amide bonds. The summed E-state index contributed by atoms with van der Waals surface area (Å²) < 4.78 is 17.5. The molecule has 0 saturated carbocycles. The second kappa shape index (κ2) is 10.5. The Labute approximate surface area is 232 Å². The number of hydrogen-bond donors (Lipinski definition) is 3. The lowest BCUT2D eigenvalue weighted by Gasteiger charge is -2.48. The number of carbonyl (C=O) groups excluding carboxylic acids is 3. The maximum Gasteiger partial charge on any atom is 0.407 e. The van der Waals surface area contributed by atoms with Crippen molar-refractivity contribution in [3.8, 4) is 11.1 Å². The molecule has 2 bridgehead atoms. The van der Waals surface area contributed by atoms with Crippen LogP contribution in [0.2, 0.25) is 0 Å². The third kappa shape index (κ3) is 4.74. The largest absolute Gasteiger partial charge is 0.449 e. The van der Waals surface area contributed by atoms with Crippen LogP contribution in [-0.2, 0) is 23.8 Å². The molecular weight excluding hydrogens is 512 g/mol. The molecule has 5 aliphatic heterocycles. The van der Waals surface area contributed by atoms with E-state index in [0.29, 0.717) is 18.7 Å². The van der Waals surface area contributed by atoms with Crippen LogP contribution in [0.1, 0.15) is 36.3 Å². The van der Waals surface area contributed by atoms with Gasteiger partial charge < -0.3 is 35.1 Å². The summed E-state index contributed by atoms with van der Waals surface area (Å²) in [5.74, 6) is -0.187. The minimum absolute atomic E-state index is 0.0165. The average molecular weight is 547 g/mol. The summed E-state index contributed by atoms with van der Waals surface area (Å²) in [6.45, 7) is 2.25. The van der Waals surface area contributed by atoms with Crippen molar-refractivity contribution in [2.24, 2.45) is 0 Å². The second-order valence-corrected chi connectivity index (χ2v) is 11.4. The maximum absolute atomic E-state index is 12.8. The third-order valence-corrected chi connectivity index (χ3v) is 8.89. The van der Waals surface area contributed by atoms with E-state index in [1.165, 1.54) is 11.1 Å². The van der Waals surface area contributed by atoms with Gasteiger partial charge in [-0.1, -0.05) is 48.5 Å². The van der Waals surface area contributed by atoms with Crippen molar-refractivity contribution in [3.63, 3.8) is 0 Å². The monoisotopic (exact) mass is 546 g/mol. The lowest BCUT2D eigenvalue weighted by molar-refractivity contribution is -0.137. The number of benzene rings is 2. The van der Waals surface area contributed by atoms with Crippen LogP contribution < -0.4 is 16.0 Å². The Hall–Kier alpha value is -3.47. The molecule has 0 aromatic heterocycles. The van der Waals surface area contributed by atoms with Gasteiger partial charge in [0.15, 0.2) is 0 Å². The van der Waals surface area contributed by atoms with E-state index in [4.69, 9.17) is 14.2 Å². The van der Waals surface area contributed by atoms with Crippen molar-refractivity contribution in [2.75, 3.05) is 32.9 Å². The van der Waals surface area contributed by atoms with Gasteiger partial charge in [-0.15, -0.1) is 0 Å². The van der Waals surface area contributed by atoms with Crippen LogP contribution in [0.15, 0.2) is 48.5 Å². The number of nitrogens with one attached hydrogen (secondary N) is 3. The average Bonchev–Trinajstić information content (AvgIpc) is 3.64. The zero-order valence-corrected chi connectivity index (χ0v) is 22.2. The molecule has 2 aromatic carbocycles. The highest BCUT2D eigenvalue weighted by molar-refractivity contribution is 5.84. The molecule has 0 spiro atoms. The van der Waals surface area contributed by atoms with Crippen LogP contribution in [0.3, 0.4) is 0 Å². The molecule has 6 atom stereocenters. The van der Waals surface area contributed by atoms with E-state index in [2.05, 4.69) is 40.2 Å². The van der Waals surface area contributed by atoms with Crippen molar-refractivity contribution in [2.45, 2.75) is 61.6 Å². The standard InChI is InChI=1S/C30H34N4O6/c35-26(9-10-27(36)34-12-17-11-18(13-34)31-17)32-24-15-38-29-25(16-39-28(24)29)33-30(37)40-14-23-21-7-3-1-5-19(21)20-6-2-4-8-22(20)23/h1-8,17-18,23-25,28-29,31H,9-16H2,(H,32,35)(H,33,37)/t17?,18?,24-,25-,28+,29+/m0/s1. The molecule has 5 heterocycles. The smallest absolute Gasteiger partial charge is 0.407 e. The molecule has 1 aliphatic carbocycles. The number of hydrogen-bond acceptors (Lipinski definition) is 7. The van der Waals surface area contributed by atoms with Gasteiger partial charge in [0.2, 0.25) is 11.8 Å². The van der Waals surface area contributed by atoms with E-state index in [9.17, 15) is 14.4 Å². The molecule has 10 heteroatoms. The molecule has 210 valence electrons. The van der Waals surface area contributed by atoms with Crippen LogP contribution >= 0.6 is 0 Å². The minimum Gasteiger partial charge on any atom is -0.449 e. The molecule has 2 unspecified atom stereocenters. The number of rotatable bonds is 7. The molecule has 10 nitrogen and oxygen atoms in total. The first-order chi connectivity index (χ1) is 19.5. The molecule has 0 radical (unpaired) electrons. The van der Waals surface area contributed by atoms with Gasteiger partial charge in [-0.05, 0) is 28.7 Å². The highest BCUT2D eigenvalue weighted by Gasteiger charge is 2.49. The van der Waals surface area contributed by atoms with E-state index in [1.54, 1.807) is 0 Å². The SMILES string of the molecule is O=C(CCC(=O)N1CC2CC(C1)N2)N[C@H]1CO[C@H]2[C@@H]1OC[C@@H]2NC(=O)OCC1c2ccccc2-c2ccccc21. The van der Waals surface area contributed by atoms with E-state index < -0.39 is 6.09 Å². The summed E-state index contributed by atoms with van der Waals surface area (Å²) in [5.41, 5.74) is 4.67. The Morgan fingerprint density at radius 2 is 1.43 bits per heavy atom. The predicted octanol–water partition coefficient (Wildman–Crippen LogP) is 1.53. The Bertz CT molecular complexity index is 1260. The first-order valence-corrected chi connectivity index (χ1v) is 14.2. The van der Waals surface area contributed by atoms with Gasteiger partial charge in [-0.2, -0.15) is 0 Å². The summed E-state index contributed by atoms with van der Waals surface area (Å²) in [6.07, 6.45) is 0.203. The molecular formula is C30H34N4O6. The van der Waals surface area contributed by atoms with Gasteiger partial charge in [0.05, 0.1) is 25.3 Å². The first-order valence-electron chi connectivity index (χ1n) is 14.2. The fourth-order valence-electron chi connectivity index (χ4n) is 6.91. The predicted molar refractivity (Wildman–Crippen MR) is 145 cm³/mol. The normalized spacial score (nSPS) is 29.6. The van der Waals surface area contributed by atoms with E-state index in [1.807, 2.05) is 29.2 Å². The number of piperidine rings is 1. The van der Waals surface area contributed by atoms with E-state index in [0.717, 1.165) is 30.6 Å². The quantitative estimate of drug-likeness (QED) is 0.482. The minimum atomic E-state index is -0.517. The third-order valence-electron chi connectivity index (χ3n) is 8.89. The van der Waals surface area contributed by atoms with Crippen LogP contribution in [0.4, 0.5) is 4.79 Å². The Morgan fingerprint density at radius 3 is 2.05 bits per heavy atom. The van der Waals surface area contributed by atoms with Crippen molar-refractivity contribution in [1.29, 1.82) is 0 Å². The molecule has 5 fully saturated rings. The number of ether oxygens (including phenoxy) is 3. The number of nitrogens with zero attached hydrogens (tertiary/aromatic N) is 1. The van der Waals surface area contributed by atoms with E-state index in [-0.39, 0.29) is 68.1 Å². The summed E-state index contributed by atoms with van der Waals surface area (Å²) >= 11 is 0. The van der Waals surface area contributed by atoms with Gasteiger partial charge in [-0.25, -0.2) is 4.79 Å². The summed E-state index contributed by atoms with van der Waals surface area (Å²) in [6, 6.07) is 16.5. The number of piperazine rings is 1. The van der Waals surface area contributed by atoms with Gasteiger partial charge in [0.1, 0.15) is 18.8 Å².